The monoisotopic (exact) mass is 394 g/mol. The van der Waals surface area contributed by atoms with Crippen LogP contribution in [0.15, 0.2) is 115 Å². The molecule has 3 nitrogen and oxygen atoms in total. The van der Waals surface area contributed by atoms with Gasteiger partial charge in [0.05, 0.1) is 19.2 Å². The summed E-state index contributed by atoms with van der Waals surface area (Å²) in [4.78, 5) is 0. The maximum atomic E-state index is 5.73. The second kappa shape index (κ2) is 9.66. The maximum absolute atomic E-state index is 5.73. The molecule has 150 valence electrons. The van der Waals surface area contributed by atoms with Crippen LogP contribution in [0.3, 0.4) is 0 Å². The van der Waals surface area contributed by atoms with Crippen molar-refractivity contribution in [1.82, 2.24) is 0 Å². The molecule has 0 spiro atoms. The minimum absolute atomic E-state index is 0.0230. The summed E-state index contributed by atoms with van der Waals surface area (Å²) in [6.45, 7) is 0. The fraction of sp³-hybridized carbons (Fsp3) is 0.111. The summed E-state index contributed by atoms with van der Waals surface area (Å²) in [5, 5.41) is 7.49. The van der Waals surface area contributed by atoms with E-state index in [1.54, 1.807) is 7.11 Å². The lowest BCUT2D eigenvalue weighted by Crippen LogP contribution is -2.26. The zero-order valence-corrected chi connectivity index (χ0v) is 17.0. The Morgan fingerprint density at radius 1 is 0.533 bits per heavy atom. The zero-order valence-electron chi connectivity index (χ0n) is 17.0. The first-order valence-electron chi connectivity index (χ1n) is 10.2. The molecular weight excluding hydrogens is 368 g/mol. The Morgan fingerprint density at radius 2 is 1.00 bits per heavy atom. The van der Waals surface area contributed by atoms with E-state index in [9.17, 15) is 0 Å². The van der Waals surface area contributed by atoms with Crippen molar-refractivity contribution in [2.24, 2.45) is 0 Å². The van der Waals surface area contributed by atoms with Crippen molar-refractivity contribution in [2.75, 3.05) is 17.7 Å². The molecule has 0 heterocycles. The van der Waals surface area contributed by atoms with Gasteiger partial charge in [-0.2, -0.15) is 0 Å². The lowest BCUT2D eigenvalue weighted by molar-refractivity contribution is 0.404. The van der Waals surface area contributed by atoms with Crippen LogP contribution in [0.25, 0.3) is 0 Å². The number of methoxy groups -OCH3 is 1. The van der Waals surface area contributed by atoms with E-state index in [0.29, 0.717) is 0 Å². The fourth-order valence-corrected chi connectivity index (χ4v) is 3.71. The average molecular weight is 395 g/mol. The van der Waals surface area contributed by atoms with E-state index in [1.807, 2.05) is 54.6 Å². The Labute approximate surface area is 178 Å². The first kappa shape index (κ1) is 19.6. The minimum atomic E-state index is -0.0637. The highest BCUT2D eigenvalue weighted by atomic mass is 16.5. The molecule has 0 unspecified atom stereocenters. The second-order valence-corrected chi connectivity index (χ2v) is 7.13. The third-order valence-corrected chi connectivity index (χ3v) is 5.16. The number of rotatable bonds is 8. The molecule has 0 bridgehead atoms. The molecule has 0 fully saturated rings. The van der Waals surface area contributed by atoms with Gasteiger partial charge in [0.15, 0.2) is 0 Å². The lowest BCUT2D eigenvalue weighted by Gasteiger charge is -2.32. The van der Waals surface area contributed by atoms with Crippen LogP contribution in [0.4, 0.5) is 11.4 Å². The summed E-state index contributed by atoms with van der Waals surface area (Å²) >= 11 is 0. The molecule has 2 N–H and O–H groups in total. The number of nitrogens with one attached hydrogen (secondary N) is 2. The molecule has 30 heavy (non-hydrogen) atoms. The van der Waals surface area contributed by atoms with Gasteiger partial charge in [0, 0.05) is 16.9 Å². The largest absolute Gasteiger partial charge is 0.496 e. The van der Waals surface area contributed by atoms with Crippen molar-refractivity contribution in [3.8, 4) is 5.75 Å². The van der Waals surface area contributed by atoms with Crippen LogP contribution in [0, 0.1) is 0 Å². The summed E-state index contributed by atoms with van der Waals surface area (Å²) in [7, 11) is 1.72. The van der Waals surface area contributed by atoms with Crippen molar-refractivity contribution in [1.29, 1.82) is 0 Å². The number of benzene rings is 4. The standard InChI is InChI=1S/C27H26N2O/c1-30-25-20-12-11-19-24(25)27(29-23-17-9-4-10-18-23)26(21-13-5-2-6-14-21)28-22-15-7-3-8-16-22/h2-20,26-29H,1H3/t26-,27+/m1/s1. The smallest absolute Gasteiger partial charge is 0.124 e. The number of ether oxygens (including phenoxy) is 1. The Kier molecular flexibility index (Phi) is 6.31. The Morgan fingerprint density at radius 3 is 1.57 bits per heavy atom. The topological polar surface area (TPSA) is 33.3 Å². The molecule has 0 aliphatic heterocycles. The quantitative estimate of drug-likeness (QED) is 0.349. The third-order valence-electron chi connectivity index (χ3n) is 5.16. The van der Waals surface area contributed by atoms with E-state index in [1.165, 1.54) is 5.56 Å². The fourth-order valence-electron chi connectivity index (χ4n) is 3.71. The van der Waals surface area contributed by atoms with Gasteiger partial charge in [-0.3, -0.25) is 0 Å². The number of hydrogen-bond donors (Lipinski definition) is 2. The van der Waals surface area contributed by atoms with E-state index in [4.69, 9.17) is 4.74 Å². The van der Waals surface area contributed by atoms with Crippen molar-refractivity contribution >= 4 is 11.4 Å². The Hall–Kier alpha value is -3.72. The highest BCUT2D eigenvalue weighted by molar-refractivity contribution is 5.53. The molecule has 4 aromatic rings. The number of para-hydroxylation sites is 3. The summed E-state index contributed by atoms with van der Waals surface area (Å²) < 4.78 is 5.73. The van der Waals surface area contributed by atoms with Crippen LogP contribution in [-0.4, -0.2) is 7.11 Å². The van der Waals surface area contributed by atoms with Crippen LogP contribution in [-0.2, 0) is 0 Å². The summed E-state index contributed by atoms with van der Waals surface area (Å²) in [5.41, 5.74) is 4.42. The molecule has 3 heteroatoms. The highest BCUT2D eigenvalue weighted by Gasteiger charge is 2.27. The van der Waals surface area contributed by atoms with Gasteiger partial charge in [-0.25, -0.2) is 0 Å². The van der Waals surface area contributed by atoms with E-state index in [2.05, 4.69) is 71.3 Å². The molecule has 0 aliphatic carbocycles. The molecule has 4 rings (SSSR count). The molecule has 0 radical (unpaired) electrons. The summed E-state index contributed by atoms with van der Waals surface area (Å²) in [6.07, 6.45) is 0. The van der Waals surface area contributed by atoms with Crippen LogP contribution in [0.5, 0.6) is 5.75 Å². The van der Waals surface area contributed by atoms with Crippen LogP contribution in [0.1, 0.15) is 23.2 Å². The molecule has 0 aliphatic rings. The van der Waals surface area contributed by atoms with Crippen molar-refractivity contribution in [3.63, 3.8) is 0 Å². The van der Waals surface area contributed by atoms with E-state index in [0.717, 1.165) is 22.7 Å². The molecule has 0 saturated carbocycles. The van der Waals surface area contributed by atoms with E-state index >= 15 is 0 Å². The van der Waals surface area contributed by atoms with Gasteiger partial charge in [0.25, 0.3) is 0 Å². The predicted molar refractivity (Wildman–Crippen MR) is 125 cm³/mol. The Balaban J connectivity index is 1.81. The van der Waals surface area contributed by atoms with Crippen LogP contribution in [0.2, 0.25) is 0 Å². The van der Waals surface area contributed by atoms with Gasteiger partial charge in [-0.1, -0.05) is 84.9 Å². The van der Waals surface area contributed by atoms with Crippen molar-refractivity contribution < 1.29 is 4.74 Å². The van der Waals surface area contributed by atoms with Gasteiger partial charge in [-0.05, 0) is 35.9 Å². The van der Waals surface area contributed by atoms with Gasteiger partial charge >= 0.3 is 0 Å². The average Bonchev–Trinajstić information content (AvgIpc) is 2.83. The minimum Gasteiger partial charge on any atom is -0.496 e. The summed E-state index contributed by atoms with van der Waals surface area (Å²) in [5.74, 6) is 0.863. The van der Waals surface area contributed by atoms with Crippen LogP contribution < -0.4 is 15.4 Å². The van der Waals surface area contributed by atoms with Crippen molar-refractivity contribution in [2.45, 2.75) is 12.1 Å². The Bertz CT molecular complexity index is 1040. The molecule has 0 amide bonds. The van der Waals surface area contributed by atoms with Gasteiger partial charge in [0.2, 0.25) is 0 Å². The first-order valence-corrected chi connectivity index (χ1v) is 10.2. The molecular formula is C27H26N2O. The molecule has 2 atom stereocenters. The van der Waals surface area contributed by atoms with Crippen molar-refractivity contribution in [3.05, 3.63) is 126 Å². The van der Waals surface area contributed by atoms with Gasteiger partial charge < -0.3 is 15.4 Å². The molecule has 0 saturated heterocycles. The van der Waals surface area contributed by atoms with Gasteiger partial charge in [-0.15, -0.1) is 0 Å². The normalized spacial score (nSPS) is 12.6. The molecule has 0 aromatic heterocycles. The summed E-state index contributed by atoms with van der Waals surface area (Å²) in [6, 6.07) is 39.3. The maximum Gasteiger partial charge on any atom is 0.124 e. The van der Waals surface area contributed by atoms with E-state index in [-0.39, 0.29) is 12.1 Å². The zero-order chi connectivity index (χ0) is 20.6. The predicted octanol–water partition coefficient (Wildman–Crippen LogP) is 6.70. The number of anilines is 2. The van der Waals surface area contributed by atoms with Gasteiger partial charge in [0.1, 0.15) is 5.75 Å². The lowest BCUT2D eigenvalue weighted by atomic mass is 9.92. The number of hydrogen-bond acceptors (Lipinski definition) is 3. The molecule has 4 aromatic carbocycles. The van der Waals surface area contributed by atoms with Crippen LogP contribution >= 0.6 is 0 Å². The first-order chi connectivity index (χ1) is 14.8. The highest BCUT2D eigenvalue weighted by Crippen LogP contribution is 2.38. The van der Waals surface area contributed by atoms with E-state index < -0.39 is 0 Å². The third kappa shape index (κ3) is 4.64. The SMILES string of the molecule is COc1ccccc1[C@H](Nc1ccccc1)[C@H](Nc1ccccc1)c1ccccc1. The second-order valence-electron chi connectivity index (χ2n) is 7.13.